The van der Waals surface area contributed by atoms with Crippen LogP contribution in [0.3, 0.4) is 0 Å². The summed E-state index contributed by atoms with van der Waals surface area (Å²) in [5.41, 5.74) is 1.32. The highest BCUT2D eigenvalue weighted by Crippen LogP contribution is 2.69. The van der Waals surface area contributed by atoms with E-state index in [-0.39, 0.29) is 42.0 Å². The number of benzene rings is 2. The van der Waals surface area contributed by atoms with E-state index < -0.39 is 22.6 Å². The van der Waals surface area contributed by atoms with E-state index in [1.54, 1.807) is 50.7 Å². The number of fused-ring (bicyclic) bond motifs is 1. The molecule has 1 spiro atoms. The molecule has 6 atom stereocenters. The van der Waals surface area contributed by atoms with Gasteiger partial charge in [-0.15, -0.1) is 24.9 Å². The number of hydrogen-bond donors (Lipinski definition) is 1. The fourth-order valence-corrected chi connectivity index (χ4v) is 9.86. The number of aliphatic hydroxyl groups excluding tert-OH is 1. The third-order valence-electron chi connectivity index (χ3n) is 8.94. The molecule has 222 valence electrons. The lowest BCUT2D eigenvalue weighted by Crippen LogP contribution is -2.57. The van der Waals surface area contributed by atoms with E-state index in [9.17, 15) is 19.5 Å². The molecule has 0 aliphatic carbocycles. The van der Waals surface area contributed by atoms with Crippen molar-refractivity contribution in [3.05, 3.63) is 84.9 Å². The Balaban J connectivity index is 1.59. The third kappa shape index (κ3) is 4.97. The van der Waals surface area contributed by atoms with Crippen LogP contribution in [0.1, 0.15) is 26.2 Å². The number of anilines is 2. The van der Waals surface area contributed by atoms with Crippen molar-refractivity contribution in [2.24, 2.45) is 17.8 Å². The van der Waals surface area contributed by atoms with Crippen LogP contribution in [0.25, 0.3) is 0 Å². The molecule has 7 nitrogen and oxygen atoms in total. The number of halogens is 1. The smallest absolute Gasteiger partial charge is 0.251 e. The van der Waals surface area contributed by atoms with E-state index in [1.165, 1.54) is 0 Å². The topological polar surface area (TPSA) is 81.2 Å². The Morgan fingerprint density at radius 3 is 2.38 bits per heavy atom. The lowest BCUT2D eigenvalue weighted by molar-refractivity contribution is -0.139. The Morgan fingerprint density at radius 2 is 1.71 bits per heavy atom. The number of amides is 3. The molecule has 3 unspecified atom stereocenters. The SMILES string of the molecule is C=CCN(C(=O)[C@@H]1[C@@H]2CC(C)C3(S2)C(C(=O)N(CC=C)c2ccccc2Cl)N(CCCCO)C(=O)[C@H]13)c1ccccc1. The average Bonchev–Trinajstić information content (AvgIpc) is 3.58. The van der Waals surface area contributed by atoms with Crippen LogP contribution in [0, 0.1) is 17.8 Å². The van der Waals surface area contributed by atoms with Crippen molar-refractivity contribution in [1.82, 2.24) is 4.90 Å². The maximum absolute atomic E-state index is 14.7. The Labute approximate surface area is 257 Å². The molecule has 3 aliphatic rings. The van der Waals surface area contributed by atoms with Gasteiger partial charge in [0.15, 0.2) is 0 Å². The van der Waals surface area contributed by atoms with Gasteiger partial charge in [-0.25, -0.2) is 0 Å². The number of unbranched alkanes of at least 4 members (excludes halogenated alkanes) is 1. The molecule has 2 aromatic carbocycles. The van der Waals surface area contributed by atoms with Crippen LogP contribution in [0.5, 0.6) is 0 Å². The molecule has 2 bridgehead atoms. The monoisotopic (exact) mass is 607 g/mol. The second-order valence-corrected chi connectivity index (χ2v) is 13.2. The maximum Gasteiger partial charge on any atom is 0.251 e. The van der Waals surface area contributed by atoms with Gasteiger partial charge >= 0.3 is 0 Å². The predicted molar refractivity (Wildman–Crippen MR) is 170 cm³/mol. The molecular formula is C33H38ClN3O4S. The molecule has 2 aromatic rings. The van der Waals surface area contributed by atoms with Crippen LogP contribution < -0.4 is 9.80 Å². The normalized spacial score (nSPS) is 27.5. The molecular weight excluding hydrogens is 570 g/mol. The summed E-state index contributed by atoms with van der Waals surface area (Å²) in [6.07, 6.45) is 5.16. The van der Waals surface area contributed by atoms with Crippen LogP contribution in [-0.4, -0.2) is 70.0 Å². The number of likely N-dealkylation sites (tertiary alicyclic amines) is 1. The number of para-hydroxylation sites is 2. The fourth-order valence-electron chi connectivity index (χ4n) is 7.21. The molecule has 9 heteroatoms. The number of carbonyl (C=O) groups excluding carboxylic acids is 3. The van der Waals surface area contributed by atoms with Crippen molar-refractivity contribution in [3.8, 4) is 0 Å². The average molecular weight is 608 g/mol. The van der Waals surface area contributed by atoms with Gasteiger partial charge in [-0.1, -0.05) is 61.0 Å². The van der Waals surface area contributed by atoms with Gasteiger partial charge in [0.05, 0.1) is 27.3 Å². The zero-order chi connectivity index (χ0) is 30.0. The molecule has 3 amide bonds. The van der Waals surface area contributed by atoms with Crippen molar-refractivity contribution >= 4 is 52.5 Å². The van der Waals surface area contributed by atoms with Crippen molar-refractivity contribution < 1.29 is 19.5 Å². The number of thioether (sulfide) groups is 1. The Morgan fingerprint density at radius 1 is 1.05 bits per heavy atom. The van der Waals surface area contributed by atoms with Crippen molar-refractivity contribution in [1.29, 1.82) is 0 Å². The molecule has 5 rings (SSSR count). The Kier molecular flexibility index (Phi) is 9.16. The zero-order valence-electron chi connectivity index (χ0n) is 23.9. The van der Waals surface area contributed by atoms with Gasteiger partial charge in [0.25, 0.3) is 5.91 Å². The lowest BCUT2D eigenvalue weighted by atomic mass is 9.65. The summed E-state index contributed by atoms with van der Waals surface area (Å²) in [5.74, 6) is -1.66. The van der Waals surface area contributed by atoms with Crippen LogP contribution >= 0.6 is 23.4 Å². The number of rotatable bonds is 12. The second kappa shape index (κ2) is 12.7. The molecule has 3 fully saturated rings. The number of hydrogen-bond acceptors (Lipinski definition) is 5. The van der Waals surface area contributed by atoms with Crippen LogP contribution in [0.2, 0.25) is 5.02 Å². The minimum absolute atomic E-state index is 0.000641. The predicted octanol–water partition coefficient (Wildman–Crippen LogP) is 5.19. The second-order valence-electron chi connectivity index (χ2n) is 11.3. The van der Waals surface area contributed by atoms with Gasteiger partial charge in [0.2, 0.25) is 11.8 Å². The van der Waals surface area contributed by atoms with Crippen molar-refractivity contribution in [3.63, 3.8) is 0 Å². The Hall–Kier alpha value is -3.07. The summed E-state index contributed by atoms with van der Waals surface area (Å²) in [6.45, 7) is 10.7. The summed E-state index contributed by atoms with van der Waals surface area (Å²) < 4.78 is -0.768. The van der Waals surface area contributed by atoms with E-state index in [0.717, 1.165) is 12.1 Å². The van der Waals surface area contributed by atoms with Crippen molar-refractivity contribution in [2.45, 2.75) is 42.2 Å². The van der Waals surface area contributed by atoms with E-state index in [2.05, 4.69) is 20.1 Å². The van der Waals surface area contributed by atoms with Gasteiger partial charge in [0, 0.05) is 37.2 Å². The molecule has 42 heavy (non-hydrogen) atoms. The Bertz CT molecular complexity index is 1360. The van der Waals surface area contributed by atoms with Gasteiger partial charge < -0.3 is 19.8 Å². The summed E-state index contributed by atoms with van der Waals surface area (Å²) in [7, 11) is 0. The van der Waals surface area contributed by atoms with Crippen LogP contribution in [0.15, 0.2) is 79.9 Å². The summed E-state index contributed by atoms with van der Waals surface area (Å²) in [5, 5.41) is 9.85. The number of aliphatic hydroxyl groups is 1. The van der Waals surface area contributed by atoms with E-state index in [1.807, 2.05) is 42.5 Å². The minimum atomic E-state index is -0.780. The highest BCUT2D eigenvalue weighted by atomic mass is 35.5. The molecule has 3 saturated heterocycles. The first-order valence-electron chi connectivity index (χ1n) is 14.5. The van der Waals surface area contributed by atoms with Crippen LogP contribution in [-0.2, 0) is 14.4 Å². The van der Waals surface area contributed by atoms with Gasteiger partial charge in [0.1, 0.15) is 6.04 Å². The minimum Gasteiger partial charge on any atom is -0.396 e. The molecule has 3 heterocycles. The molecule has 1 N–H and O–H groups in total. The first kappa shape index (κ1) is 30.4. The fraction of sp³-hybridized carbons (Fsp3) is 0.424. The van der Waals surface area contributed by atoms with Gasteiger partial charge in [-0.2, -0.15) is 0 Å². The molecule has 0 radical (unpaired) electrons. The molecule has 0 saturated carbocycles. The molecule has 3 aliphatic heterocycles. The largest absolute Gasteiger partial charge is 0.396 e. The van der Waals surface area contributed by atoms with Gasteiger partial charge in [-0.05, 0) is 49.4 Å². The van der Waals surface area contributed by atoms with E-state index >= 15 is 0 Å². The third-order valence-corrected chi connectivity index (χ3v) is 11.3. The highest BCUT2D eigenvalue weighted by molar-refractivity contribution is 8.02. The highest BCUT2D eigenvalue weighted by Gasteiger charge is 2.76. The summed E-state index contributed by atoms with van der Waals surface area (Å²) in [4.78, 5) is 48.6. The van der Waals surface area contributed by atoms with Crippen LogP contribution in [0.4, 0.5) is 11.4 Å². The van der Waals surface area contributed by atoms with Gasteiger partial charge in [-0.3, -0.25) is 14.4 Å². The maximum atomic E-state index is 14.7. The zero-order valence-corrected chi connectivity index (χ0v) is 25.5. The summed E-state index contributed by atoms with van der Waals surface area (Å²) >= 11 is 8.23. The van der Waals surface area contributed by atoms with E-state index in [4.69, 9.17) is 11.6 Å². The standard InChI is InChI=1S/C33H38ClN3O4S/c1-4-17-35(23-13-7-6-8-14-23)30(39)27-26-21-22(3)33(42-26)28(27)31(40)37(19-11-12-20-38)29(33)32(41)36(18-5-2)25-16-10-9-15-24(25)34/h4-10,13-16,22,26-29,38H,1-2,11-12,17-21H2,3H3/t22?,26-,27+,28-,29?,33?/m0/s1. The van der Waals surface area contributed by atoms with Crippen molar-refractivity contribution in [2.75, 3.05) is 36.0 Å². The first-order chi connectivity index (χ1) is 20.3. The first-order valence-corrected chi connectivity index (χ1v) is 15.8. The quantitative estimate of drug-likeness (QED) is 0.265. The summed E-state index contributed by atoms with van der Waals surface area (Å²) in [6, 6.07) is 15.9. The number of carbonyl (C=O) groups is 3. The van der Waals surface area contributed by atoms with E-state index in [0.29, 0.717) is 36.6 Å². The number of nitrogens with zero attached hydrogens (tertiary/aromatic N) is 3. The molecule has 0 aromatic heterocycles. The lowest BCUT2D eigenvalue weighted by Gasteiger charge is -2.41.